The van der Waals surface area contributed by atoms with Crippen LogP contribution in [0.2, 0.25) is 0 Å². The van der Waals surface area contributed by atoms with Crippen molar-refractivity contribution in [3.05, 3.63) is 245 Å². The lowest BCUT2D eigenvalue weighted by Gasteiger charge is -2.35. The highest BCUT2D eigenvalue weighted by atomic mass is 16.5. The molecule has 3 heterocycles. The molecule has 0 saturated heterocycles. The summed E-state index contributed by atoms with van der Waals surface area (Å²) in [5.74, 6) is 2.38. The third-order valence-corrected chi connectivity index (χ3v) is 16.0. The lowest BCUT2D eigenvalue weighted by atomic mass is 9.72. The molecular weight excluding hydrogens is 925 g/mol. The van der Waals surface area contributed by atoms with Crippen molar-refractivity contribution in [2.24, 2.45) is 0 Å². The van der Waals surface area contributed by atoms with Gasteiger partial charge in [-0.15, -0.1) is 0 Å². The summed E-state index contributed by atoms with van der Waals surface area (Å²) in [7, 11) is 0. The normalized spacial score (nSPS) is 12.9. The number of aromatic nitrogens is 4. The number of hydrogen-bond acceptors (Lipinski definition) is 2. The van der Waals surface area contributed by atoms with Gasteiger partial charge >= 0.3 is 0 Å². The molecule has 7 aromatic carbocycles. The van der Waals surface area contributed by atoms with E-state index in [9.17, 15) is 0 Å². The van der Waals surface area contributed by atoms with Crippen molar-refractivity contribution in [2.45, 2.75) is 136 Å². The summed E-state index contributed by atoms with van der Waals surface area (Å²) in [6.07, 6.45) is 6.08. The number of imidazole rings is 1. The molecule has 0 aliphatic heterocycles. The number of benzene rings is 7. The van der Waals surface area contributed by atoms with Gasteiger partial charge in [-0.05, 0) is 116 Å². The fraction of sp³-hybridized carbons (Fsp3) is 0.296. The predicted molar refractivity (Wildman–Crippen MR) is 317 cm³/mol. The van der Waals surface area contributed by atoms with E-state index in [-0.39, 0.29) is 21.7 Å². The molecule has 10 rings (SSSR count). The van der Waals surface area contributed by atoms with Gasteiger partial charge in [0.05, 0.1) is 33.8 Å². The molecule has 0 aliphatic carbocycles. The molecule has 0 saturated carbocycles. The van der Waals surface area contributed by atoms with Crippen LogP contribution in [0.1, 0.15) is 154 Å². The van der Waals surface area contributed by atoms with Crippen LogP contribution in [0.25, 0.3) is 39.0 Å². The van der Waals surface area contributed by atoms with E-state index in [1.54, 1.807) is 0 Å². The molecule has 10 aromatic rings. The van der Waals surface area contributed by atoms with Crippen LogP contribution in [0, 0.1) is 6.33 Å². The molecule has 0 amide bonds. The molecule has 0 aliphatic rings. The summed E-state index contributed by atoms with van der Waals surface area (Å²) < 4.78 is 14.2. The van der Waals surface area contributed by atoms with Crippen LogP contribution in [0.15, 0.2) is 188 Å². The molecule has 3 aromatic heterocycles. The summed E-state index contributed by atoms with van der Waals surface area (Å²) in [4.78, 5) is 4.97. The van der Waals surface area contributed by atoms with Crippen molar-refractivity contribution >= 4 is 21.8 Å². The van der Waals surface area contributed by atoms with Gasteiger partial charge in [0.2, 0.25) is 0 Å². The molecular formula is C71H76N4O. The van der Waals surface area contributed by atoms with Crippen LogP contribution in [0.5, 0.6) is 11.5 Å². The Balaban J connectivity index is 1.24. The molecule has 5 nitrogen and oxygen atoms in total. The lowest BCUT2D eigenvalue weighted by molar-refractivity contribution is -0.611. The fourth-order valence-electron chi connectivity index (χ4n) is 11.1. The number of nitrogens with zero attached hydrogens (tertiary/aromatic N) is 4. The van der Waals surface area contributed by atoms with Gasteiger partial charge in [-0.25, -0.2) is 4.98 Å². The van der Waals surface area contributed by atoms with Crippen LogP contribution >= 0.6 is 0 Å². The summed E-state index contributed by atoms with van der Waals surface area (Å²) in [6, 6.07) is 66.4. The summed E-state index contributed by atoms with van der Waals surface area (Å²) in [5.41, 5.74) is 13.4. The SMILES string of the molecule is CC(C)(C)c1cc(Oc2ccc3c4ccccc4n(-c4cc(C(C)(C)C)ccn4)c3c2)cc(-n2[c-][n+](-c3cc(C(C)(C)C)cc(C(C)(C)c4ccccc4)c3)c(C(C)(C)c3ccccc3)c2C(C)(C)c2ccccc2)c1. The van der Waals surface area contributed by atoms with Crippen molar-refractivity contribution in [3.8, 4) is 28.7 Å². The topological polar surface area (TPSA) is 35.9 Å². The number of hydrogen-bond donors (Lipinski definition) is 0. The summed E-state index contributed by atoms with van der Waals surface area (Å²) in [5, 5.41) is 2.32. The molecule has 0 spiro atoms. The Labute approximate surface area is 452 Å². The Morgan fingerprint density at radius 1 is 0.408 bits per heavy atom. The molecule has 0 fully saturated rings. The number of fused-ring (bicyclic) bond motifs is 3. The highest BCUT2D eigenvalue weighted by Crippen LogP contribution is 2.45. The van der Waals surface area contributed by atoms with E-state index in [0.29, 0.717) is 0 Å². The second-order valence-electron chi connectivity index (χ2n) is 25.7. The Kier molecular flexibility index (Phi) is 13.0. The lowest BCUT2D eigenvalue weighted by Crippen LogP contribution is -2.43. The third kappa shape index (κ3) is 9.59. The highest BCUT2D eigenvalue weighted by Gasteiger charge is 2.41. The van der Waals surface area contributed by atoms with Crippen molar-refractivity contribution in [3.63, 3.8) is 0 Å². The van der Waals surface area contributed by atoms with Crippen LogP contribution < -0.4 is 9.30 Å². The zero-order chi connectivity index (χ0) is 54.2. The molecule has 76 heavy (non-hydrogen) atoms. The van der Waals surface area contributed by atoms with E-state index in [1.165, 1.54) is 38.8 Å². The minimum Gasteiger partial charge on any atom is -0.458 e. The first-order valence-corrected chi connectivity index (χ1v) is 27.1. The predicted octanol–water partition coefficient (Wildman–Crippen LogP) is 17.7. The average molecular weight is 1000 g/mol. The standard InChI is InChI=1S/C71H76N4O/c1-66(2,3)51-37-38-72-63(44-51)75-61-34-26-25-33-59(61)60-36-35-57(46-62(60)75)76-58-43-53(68(7,8)9)41-56(45-58)74-47-73(55-40-52(67(4,5)6)39-54(42-55)69(10,11)48-27-19-16-20-28-48)64(70(12,13)49-29-21-17-22-30-49)65(74)71(14,15)50-31-23-18-24-32-50/h16-46H,1-15H3. The van der Waals surface area contributed by atoms with E-state index in [1.807, 2.05) is 6.20 Å². The fourth-order valence-corrected chi connectivity index (χ4v) is 11.1. The molecule has 0 bridgehead atoms. The second-order valence-corrected chi connectivity index (χ2v) is 25.7. The highest BCUT2D eigenvalue weighted by molar-refractivity contribution is 6.09. The van der Waals surface area contributed by atoms with Gasteiger partial charge in [-0.3, -0.25) is 13.7 Å². The molecule has 0 radical (unpaired) electrons. The summed E-state index contributed by atoms with van der Waals surface area (Å²) >= 11 is 0. The number of para-hydroxylation sites is 1. The molecule has 0 unspecified atom stereocenters. The van der Waals surface area contributed by atoms with Crippen molar-refractivity contribution < 1.29 is 9.30 Å². The van der Waals surface area contributed by atoms with Gasteiger partial charge in [-0.2, -0.15) is 0 Å². The maximum atomic E-state index is 7.20. The maximum absolute atomic E-state index is 7.20. The van der Waals surface area contributed by atoms with Gasteiger partial charge < -0.3 is 4.74 Å². The second kappa shape index (κ2) is 19.0. The van der Waals surface area contributed by atoms with Crippen molar-refractivity contribution in [1.82, 2.24) is 14.1 Å². The Morgan fingerprint density at radius 2 is 0.934 bits per heavy atom. The van der Waals surface area contributed by atoms with Crippen LogP contribution in [0.3, 0.4) is 0 Å². The van der Waals surface area contributed by atoms with E-state index in [2.05, 4.69) is 306 Å². The van der Waals surface area contributed by atoms with Gasteiger partial charge in [0.15, 0.2) is 0 Å². The number of rotatable bonds is 11. The monoisotopic (exact) mass is 1000 g/mol. The minimum atomic E-state index is -0.520. The average Bonchev–Trinajstić information content (AvgIpc) is 4.06. The Morgan fingerprint density at radius 3 is 1.54 bits per heavy atom. The van der Waals surface area contributed by atoms with Gasteiger partial charge in [0.1, 0.15) is 17.3 Å². The largest absolute Gasteiger partial charge is 0.458 e. The van der Waals surface area contributed by atoms with Crippen LogP contribution in [-0.4, -0.2) is 14.1 Å². The molecule has 5 heteroatoms. The first-order valence-electron chi connectivity index (χ1n) is 27.1. The Bertz CT molecular complexity index is 3740. The first-order chi connectivity index (χ1) is 35.8. The van der Waals surface area contributed by atoms with E-state index >= 15 is 0 Å². The van der Waals surface area contributed by atoms with E-state index in [4.69, 9.17) is 9.72 Å². The minimum absolute atomic E-state index is 0.0379. The van der Waals surface area contributed by atoms with Crippen molar-refractivity contribution in [2.75, 3.05) is 0 Å². The molecule has 0 atom stereocenters. The van der Waals surface area contributed by atoms with Crippen molar-refractivity contribution in [1.29, 1.82) is 0 Å². The zero-order valence-electron chi connectivity index (χ0n) is 47.6. The quantitative estimate of drug-likeness (QED) is 0.0956. The maximum Gasteiger partial charge on any atom is 0.269 e. The molecule has 386 valence electrons. The first kappa shape index (κ1) is 52.0. The summed E-state index contributed by atoms with van der Waals surface area (Å²) in [6.45, 7) is 34.8. The van der Waals surface area contributed by atoms with Gasteiger partial charge in [-0.1, -0.05) is 219 Å². The van der Waals surface area contributed by atoms with Gasteiger partial charge in [0, 0.05) is 39.3 Å². The number of pyridine rings is 1. The smallest absolute Gasteiger partial charge is 0.269 e. The van der Waals surface area contributed by atoms with Gasteiger partial charge in [0.25, 0.3) is 6.33 Å². The third-order valence-electron chi connectivity index (χ3n) is 16.0. The van der Waals surface area contributed by atoms with E-state index in [0.717, 1.165) is 62.1 Å². The van der Waals surface area contributed by atoms with Crippen LogP contribution in [-0.2, 0) is 32.5 Å². The zero-order valence-corrected chi connectivity index (χ0v) is 47.6. The number of ether oxygens (including phenoxy) is 1. The van der Waals surface area contributed by atoms with Crippen LogP contribution in [0.4, 0.5) is 0 Å². The molecule has 0 N–H and O–H groups in total. The van der Waals surface area contributed by atoms with E-state index < -0.39 is 10.8 Å². The Hall–Kier alpha value is -7.50.